The fourth-order valence-electron chi connectivity index (χ4n) is 4.56. The molecule has 4 rings (SSSR count). The monoisotopic (exact) mass is 581 g/mol. The molecule has 41 heavy (non-hydrogen) atoms. The smallest absolute Gasteiger partial charge is 0.255 e. The quantitative estimate of drug-likeness (QED) is 0.214. The van der Waals surface area contributed by atoms with E-state index in [1.165, 1.54) is 12.1 Å². The molecule has 0 aliphatic heterocycles. The van der Waals surface area contributed by atoms with E-state index in [9.17, 15) is 13.2 Å². The number of nitrogens with zero attached hydrogens (tertiary/aromatic N) is 3. The lowest BCUT2D eigenvalue weighted by molar-refractivity contribution is 0.102. The third-order valence-corrected chi connectivity index (χ3v) is 7.57. The van der Waals surface area contributed by atoms with Gasteiger partial charge in [-0.2, -0.15) is 5.10 Å². The number of aryl methyl sites for hydroxylation is 1. The molecule has 11 nitrogen and oxygen atoms in total. The highest BCUT2D eigenvalue weighted by atomic mass is 32.2. The topological polar surface area (TPSA) is 158 Å². The summed E-state index contributed by atoms with van der Waals surface area (Å²) in [5, 5.41) is 8.75. The molecule has 1 aliphatic carbocycles. The third kappa shape index (κ3) is 6.83. The van der Waals surface area contributed by atoms with Gasteiger partial charge in [0.2, 0.25) is 10.0 Å². The first-order valence-corrected chi connectivity index (χ1v) is 15.2. The number of hydrazine groups is 1. The molecule has 1 fully saturated rings. The Morgan fingerprint density at radius 2 is 1.83 bits per heavy atom. The molecule has 0 spiro atoms. The first-order chi connectivity index (χ1) is 19.1. The largest absolute Gasteiger partial charge is 0.492 e. The van der Waals surface area contributed by atoms with Gasteiger partial charge in [-0.3, -0.25) is 19.2 Å². The van der Waals surface area contributed by atoms with E-state index in [4.69, 9.17) is 16.3 Å². The van der Waals surface area contributed by atoms with Crippen LogP contribution in [0.15, 0.2) is 42.7 Å². The lowest BCUT2D eigenvalue weighted by Gasteiger charge is -2.24. The molecule has 0 bridgehead atoms. The van der Waals surface area contributed by atoms with Crippen molar-refractivity contribution >= 4 is 38.7 Å². The Morgan fingerprint density at radius 3 is 2.41 bits per heavy atom. The van der Waals surface area contributed by atoms with Crippen LogP contribution in [0.1, 0.15) is 72.4 Å². The number of carbonyl (C=O) groups is 1. The van der Waals surface area contributed by atoms with Crippen molar-refractivity contribution in [2.75, 3.05) is 28.4 Å². The van der Waals surface area contributed by atoms with Gasteiger partial charge >= 0.3 is 0 Å². The number of nitrogens with one attached hydrogen (secondary N) is 2. The summed E-state index contributed by atoms with van der Waals surface area (Å²) in [7, 11) is -2.19. The summed E-state index contributed by atoms with van der Waals surface area (Å²) in [4.78, 5) is 13.5. The molecular formula is C29H39N7O4S. The number of sulfonamides is 1. The van der Waals surface area contributed by atoms with Crippen molar-refractivity contribution in [3.8, 4) is 5.75 Å². The maximum Gasteiger partial charge on any atom is 0.255 e. The number of methoxy groups -OCH3 is 1. The minimum Gasteiger partial charge on any atom is -0.492 e. The average molecular weight is 582 g/mol. The Hall–Kier alpha value is -4.03. The van der Waals surface area contributed by atoms with Crippen LogP contribution in [0.4, 0.5) is 17.1 Å². The summed E-state index contributed by atoms with van der Waals surface area (Å²) in [5.41, 5.74) is 11.4. The average Bonchev–Trinajstić information content (AvgIpc) is 3.63. The maximum atomic E-state index is 13.5. The van der Waals surface area contributed by atoms with Crippen LogP contribution in [0, 0.1) is 13.8 Å². The van der Waals surface area contributed by atoms with Gasteiger partial charge in [-0.25, -0.2) is 14.3 Å². The van der Waals surface area contributed by atoms with Crippen molar-refractivity contribution < 1.29 is 17.9 Å². The van der Waals surface area contributed by atoms with E-state index >= 15 is 0 Å². The van der Waals surface area contributed by atoms with Crippen LogP contribution < -0.4 is 31.4 Å². The number of aromatic nitrogens is 2. The number of anilines is 3. The van der Waals surface area contributed by atoms with Gasteiger partial charge in [0.1, 0.15) is 0 Å². The fourth-order valence-corrected chi connectivity index (χ4v) is 5.11. The molecule has 220 valence electrons. The molecule has 1 aromatic heterocycles. The Morgan fingerprint density at radius 1 is 1.17 bits per heavy atom. The van der Waals surface area contributed by atoms with Crippen LogP contribution in [-0.2, 0) is 15.4 Å². The predicted molar refractivity (Wildman–Crippen MR) is 163 cm³/mol. The zero-order valence-corrected chi connectivity index (χ0v) is 25.4. The summed E-state index contributed by atoms with van der Waals surface area (Å²) in [6.07, 6.45) is 6.65. The highest BCUT2D eigenvalue weighted by molar-refractivity contribution is 7.92. The van der Waals surface area contributed by atoms with Crippen LogP contribution in [0.3, 0.4) is 0 Å². The normalized spacial score (nSPS) is 14.1. The van der Waals surface area contributed by atoms with Gasteiger partial charge < -0.3 is 15.8 Å². The van der Waals surface area contributed by atoms with Gasteiger partial charge in [0, 0.05) is 23.0 Å². The van der Waals surface area contributed by atoms with Gasteiger partial charge in [-0.15, -0.1) is 0 Å². The zero-order chi connectivity index (χ0) is 30.3. The summed E-state index contributed by atoms with van der Waals surface area (Å²) < 4.78 is 34.1. The molecule has 0 saturated heterocycles. The molecule has 0 unspecified atom stereocenters. The van der Waals surface area contributed by atoms with Gasteiger partial charge in [-0.1, -0.05) is 26.8 Å². The fraction of sp³-hybridized carbons (Fsp3) is 0.379. The third-order valence-electron chi connectivity index (χ3n) is 6.98. The summed E-state index contributed by atoms with van der Waals surface area (Å²) in [5.74, 6) is 6.18. The number of rotatable bonds is 9. The van der Waals surface area contributed by atoms with E-state index in [-0.39, 0.29) is 16.9 Å². The van der Waals surface area contributed by atoms with Crippen molar-refractivity contribution in [2.24, 2.45) is 11.6 Å². The van der Waals surface area contributed by atoms with Crippen molar-refractivity contribution in [3.05, 3.63) is 70.7 Å². The van der Waals surface area contributed by atoms with E-state index in [1.54, 1.807) is 42.7 Å². The minimum absolute atomic E-state index is 0.197. The van der Waals surface area contributed by atoms with Crippen molar-refractivity contribution in [1.82, 2.24) is 9.78 Å². The minimum atomic E-state index is -3.61. The van der Waals surface area contributed by atoms with Gasteiger partial charge in [-0.05, 0) is 67.5 Å². The Labute approximate surface area is 241 Å². The number of carbonyl (C=O) groups excluding carboxylic acids is 1. The van der Waals surface area contributed by atoms with E-state index in [0.717, 1.165) is 41.5 Å². The van der Waals surface area contributed by atoms with Gasteiger partial charge in [0.15, 0.2) is 5.75 Å². The first kappa shape index (κ1) is 29.9. The summed E-state index contributed by atoms with van der Waals surface area (Å²) in [6.45, 7) is 9.84. The molecule has 12 heteroatoms. The number of benzene rings is 2. The second-order valence-corrected chi connectivity index (χ2v) is 13.2. The van der Waals surface area contributed by atoms with Crippen molar-refractivity contribution in [1.29, 1.82) is 0 Å². The Bertz CT molecular complexity index is 1620. The molecule has 1 saturated carbocycles. The van der Waals surface area contributed by atoms with Gasteiger partial charge in [0.05, 0.1) is 48.4 Å². The van der Waals surface area contributed by atoms with Crippen molar-refractivity contribution in [3.63, 3.8) is 0 Å². The number of hydrogen-bond acceptors (Lipinski definition) is 8. The maximum absolute atomic E-state index is 13.5. The summed E-state index contributed by atoms with van der Waals surface area (Å²) in [6, 6.07) is 9.08. The molecular weight excluding hydrogens is 542 g/mol. The van der Waals surface area contributed by atoms with E-state index in [0.29, 0.717) is 28.7 Å². The van der Waals surface area contributed by atoms with E-state index < -0.39 is 15.9 Å². The number of nitrogens with two attached hydrogens (primary N) is 2. The lowest BCUT2D eigenvalue weighted by Crippen LogP contribution is -2.27. The number of amides is 1. The zero-order valence-electron chi connectivity index (χ0n) is 24.6. The lowest BCUT2D eigenvalue weighted by atomic mass is 9.86. The molecule has 1 amide bonds. The van der Waals surface area contributed by atoms with Crippen LogP contribution >= 0.6 is 0 Å². The second kappa shape index (κ2) is 11.1. The molecule has 2 aromatic carbocycles. The molecule has 0 atom stereocenters. The standard InChI is InChI=1S/C29H39N7O4S/c1-17-8-9-19(12-26(17)35(31)16-23(30)22-15-32-36(18(22)2)21-10-11-21)28(37)33-24-13-20(29(3,4)5)14-25(27(24)40-6)34-41(7,38)39/h8-9,12-16,21,34H,10-11,30-31H2,1-7H3,(H,33,37)/b23-16-. The van der Waals surface area contributed by atoms with Crippen LogP contribution in [0.5, 0.6) is 5.75 Å². The SMILES string of the molecule is COc1c(NC(=O)c2ccc(C)c(N(N)/C=C(\N)c3cnn(C4CC4)c3C)c2)cc(C(C)(C)C)cc1NS(C)(=O)=O. The highest BCUT2D eigenvalue weighted by Crippen LogP contribution is 2.39. The first-order valence-electron chi connectivity index (χ1n) is 13.3. The van der Waals surface area contributed by atoms with Crippen LogP contribution in [0.25, 0.3) is 5.70 Å². The molecule has 1 aliphatic rings. The predicted octanol–water partition coefficient (Wildman–Crippen LogP) is 4.40. The van der Waals surface area contributed by atoms with E-state index in [1.807, 2.05) is 39.3 Å². The molecule has 1 heterocycles. The van der Waals surface area contributed by atoms with Gasteiger partial charge in [0.25, 0.3) is 5.91 Å². The second-order valence-electron chi connectivity index (χ2n) is 11.5. The van der Waals surface area contributed by atoms with E-state index in [2.05, 4.69) is 15.1 Å². The van der Waals surface area contributed by atoms with Crippen molar-refractivity contribution in [2.45, 2.75) is 58.9 Å². The highest BCUT2D eigenvalue weighted by Gasteiger charge is 2.27. The Balaban J connectivity index is 1.65. The summed E-state index contributed by atoms with van der Waals surface area (Å²) >= 11 is 0. The number of ether oxygens (including phenoxy) is 1. The van der Waals surface area contributed by atoms with Crippen LogP contribution in [0.2, 0.25) is 0 Å². The van der Waals surface area contributed by atoms with Crippen LogP contribution in [-0.4, -0.2) is 37.5 Å². The molecule has 6 N–H and O–H groups in total. The number of hydrogen-bond donors (Lipinski definition) is 4. The Kier molecular flexibility index (Phi) is 8.10. The molecule has 0 radical (unpaired) electrons. The molecule has 3 aromatic rings.